The number of pyridine rings is 1. The molecule has 2 rings (SSSR count). The molecule has 1 fully saturated rings. The van der Waals surface area contributed by atoms with Gasteiger partial charge < -0.3 is 10.1 Å². The highest BCUT2D eigenvalue weighted by molar-refractivity contribution is 7.99. The summed E-state index contributed by atoms with van der Waals surface area (Å²) in [5, 5.41) is 4.02. The van der Waals surface area contributed by atoms with Gasteiger partial charge in [-0.3, -0.25) is 0 Å². The van der Waals surface area contributed by atoms with Gasteiger partial charge in [0.2, 0.25) is 0 Å². The molecule has 1 saturated carbocycles. The minimum Gasteiger partial charge on any atom is -0.465 e. The zero-order valence-corrected chi connectivity index (χ0v) is 12.2. The molecular weight excluding hydrogens is 260 g/mol. The molecule has 19 heavy (non-hydrogen) atoms. The molecule has 2 atom stereocenters. The highest BCUT2D eigenvalue weighted by Crippen LogP contribution is 2.29. The molecule has 0 amide bonds. The fraction of sp³-hybridized carbons (Fsp3) is 0.571. The molecule has 1 aromatic heterocycles. The van der Waals surface area contributed by atoms with Crippen molar-refractivity contribution >= 4 is 23.5 Å². The number of ether oxygens (including phenoxy) is 1. The summed E-state index contributed by atoms with van der Waals surface area (Å²) in [6, 6.07) is 3.88. The average molecular weight is 280 g/mol. The number of hydrogen-bond acceptors (Lipinski definition) is 5. The highest BCUT2D eigenvalue weighted by atomic mass is 32.2. The molecule has 104 valence electrons. The van der Waals surface area contributed by atoms with E-state index in [4.69, 9.17) is 4.74 Å². The van der Waals surface area contributed by atoms with E-state index in [2.05, 4.69) is 16.6 Å². The third kappa shape index (κ3) is 3.41. The lowest BCUT2D eigenvalue weighted by Crippen LogP contribution is -2.35. The van der Waals surface area contributed by atoms with E-state index in [1.165, 1.54) is 26.4 Å². The van der Waals surface area contributed by atoms with Crippen LogP contribution in [0, 0.1) is 0 Å². The second-order valence-corrected chi connectivity index (χ2v) is 5.78. The maximum atomic E-state index is 11.7. The van der Waals surface area contributed by atoms with E-state index in [1.54, 1.807) is 18.3 Å². The number of carbonyl (C=O) groups excluding carboxylic acids is 1. The molecule has 5 heteroatoms. The number of rotatable bonds is 4. The molecule has 1 aromatic rings. The second-order valence-electron chi connectivity index (χ2n) is 4.70. The van der Waals surface area contributed by atoms with Gasteiger partial charge >= 0.3 is 5.97 Å². The molecule has 0 saturated heterocycles. The summed E-state index contributed by atoms with van der Waals surface area (Å²) >= 11 is 1.89. The van der Waals surface area contributed by atoms with Gasteiger partial charge in [0.15, 0.2) is 0 Å². The lowest BCUT2D eigenvalue weighted by Gasteiger charge is -2.31. The number of nitrogens with zero attached hydrogens (tertiary/aromatic N) is 1. The van der Waals surface area contributed by atoms with Gasteiger partial charge in [-0.05, 0) is 31.2 Å². The summed E-state index contributed by atoms with van der Waals surface area (Å²) in [7, 11) is 1.39. The van der Waals surface area contributed by atoms with Crippen LogP contribution in [-0.4, -0.2) is 35.6 Å². The van der Waals surface area contributed by atoms with E-state index >= 15 is 0 Å². The Hall–Kier alpha value is -1.23. The van der Waals surface area contributed by atoms with Gasteiger partial charge in [0.25, 0.3) is 0 Å². The Morgan fingerprint density at radius 1 is 1.47 bits per heavy atom. The van der Waals surface area contributed by atoms with Gasteiger partial charge in [-0.25, -0.2) is 9.78 Å². The van der Waals surface area contributed by atoms with Crippen LogP contribution in [0.1, 0.15) is 36.0 Å². The number of carbonyl (C=O) groups is 1. The van der Waals surface area contributed by atoms with E-state index < -0.39 is 0 Å². The first kappa shape index (κ1) is 14.2. The van der Waals surface area contributed by atoms with Gasteiger partial charge in [0.05, 0.1) is 7.11 Å². The molecular formula is C14H20N2O2S. The molecule has 0 radical (unpaired) electrons. The fourth-order valence-electron chi connectivity index (χ4n) is 2.51. The van der Waals surface area contributed by atoms with E-state index in [0.717, 1.165) is 6.42 Å². The van der Waals surface area contributed by atoms with Crippen molar-refractivity contribution in [3.63, 3.8) is 0 Å². The maximum absolute atomic E-state index is 11.7. The summed E-state index contributed by atoms with van der Waals surface area (Å²) in [6.07, 6.45) is 8.71. The van der Waals surface area contributed by atoms with Crippen LogP contribution in [0.4, 0.5) is 5.82 Å². The van der Waals surface area contributed by atoms with Crippen LogP contribution < -0.4 is 5.32 Å². The zero-order chi connectivity index (χ0) is 13.7. The van der Waals surface area contributed by atoms with Crippen LogP contribution >= 0.6 is 11.8 Å². The molecule has 4 nitrogen and oxygen atoms in total. The standard InChI is InChI=1S/C14H20N2O2S/c1-18-14(17)10-6-5-9-15-13(10)16-11-7-3-4-8-12(11)19-2/h5-6,9,11-12H,3-4,7-8H2,1-2H3,(H,15,16). The number of hydrogen-bond donors (Lipinski definition) is 1. The monoisotopic (exact) mass is 280 g/mol. The van der Waals surface area contributed by atoms with Crippen molar-refractivity contribution in [2.75, 3.05) is 18.7 Å². The molecule has 0 aliphatic heterocycles. The lowest BCUT2D eigenvalue weighted by atomic mass is 9.94. The number of aromatic nitrogens is 1. The van der Waals surface area contributed by atoms with Crippen LogP contribution in [0.25, 0.3) is 0 Å². The minimum atomic E-state index is -0.341. The molecule has 0 spiro atoms. The van der Waals surface area contributed by atoms with Crippen molar-refractivity contribution < 1.29 is 9.53 Å². The number of anilines is 1. The Labute approximate surface area is 118 Å². The molecule has 2 unspecified atom stereocenters. The Kier molecular flexibility index (Phi) is 5.07. The number of thioether (sulfide) groups is 1. The maximum Gasteiger partial charge on any atom is 0.341 e. The Morgan fingerprint density at radius 3 is 3.00 bits per heavy atom. The molecule has 1 N–H and O–H groups in total. The quantitative estimate of drug-likeness (QED) is 0.859. The van der Waals surface area contributed by atoms with E-state index in [0.29, 0.717) is 22.7 Å². The van der Waals surface area contributed by atoms with E-state index in [9.17, 15) is 4.79 Å². The van der Waals surface area contributed by atoms with Crippen molar-refractivity contribution in [2.24, 2.45) is 0 Å². The van der Waals surface area contributed by atoms with Crippen LogP contribution in [-0.2, 0) is 4.74 Å². The molecule has 1 heterocycles. The van der Waals surface area contributed by atoms with Crippen LogP contribution in [0.2, 0.25) is 0 Å². The summed E-state index contributed by atoms with van der Waals surface area (Å²) < 4.78 is 4.80. The van der Waals surface area contributed by atoms with Gasteiger partial charge in [-0.1, -0.05) is 12.8 Å². The topological polar surface area (TPSA) is 51.2 Å². The normalized spacial score (nSPS) is 22.8. The summed E-state index contributed by atoms with van der Waals surface area (Å²) in [4.78, 5) is 16.0. The first-order valence-corrected chi connectivity index (χ1v) is 7.87. The third-order valence-electron chi connectivity index (χ3n) is 3.54. The SMILES string of the molecule is COC(=O)c1cccnc1NC1CCCCC1SC. The van der Waals surface area contributed by atoms with E-state index in [1.807, 2.05) is 11.8 Å². The van der Waals surface area contributed by atoms with Crippen molar-refractivity contribution in [1.82, 2.24) is 4.98 Å². The highest BCUT2D eigenvalue weighted by Gasteiger charge is 2.26. The average Bonchev–Trinajstić information content (AvgIpc) is 2.47. The van der Waals surface area contributed by atoms with Crippen molar-refractivity contribution in [1.29, 1.82) is 0 Å². The Balaban J connectivity index is 2.15. The first-order chi connectivity index (χ1) is 9.26. The van der Waals surface area contributed by atoms with Crippen LogP contribution in [0.15, 0.2) is 18.3 Å². The Morgan fingerprint density at radius 2 is 2.26 bits per heavy atom. The largest absolute Gasteiger partial charge is 0.465 e. The summed E-state index contributed by atoms with van der Waals surface area (Å²) in [5.41, 5.74) is 0.510. The fourth-order valence-corrected chi connectivity index (χ4v) is 3.45. The molecule has 1 aliphatic rings. The van der Waals surface area contributed by atoms with Crippen LogP contribution in [0.5, 0.6) is 0 Å². The predicted molar refractivity (Wildman–Crippen MR) is 78.8 cm³/mol. The summed E-state index contributed by atoms with van der Waals surface area (Å²) in [6.45, 7) is 0. The van der Waals surface area contributed by atoms with Crippen molar-refractivity contribution in [3.05, 3.63) is 23.9 Å². The van der Waals surface area contributed by atoms with Crippen molar-refractivity contribution in [3.8, 4) is 0 Å². The van der Waals surface area contributed by atoms with Gasteiger partial charge in [0.1, 0.15) is 11.4 Å². The zero-order valence-electron chi connectivity index (χ0n) is 11.4. The lowest BCUT2D eigenvalue weighted by molar-refractivity contribution is 0.0601. The van der Waals surface area contributed by atoms with E-state index in [-0.39, 0.29) is 5.97 Å². The first-order valence-electron chi connectivity index (χ1n) is 6.59. The minimum absolute atomic E-state index is 0.341. The molecule has 0 aromatic carbocycles. The predicted octanol–water partition coefficient (Wildman–Crippen LogP) is 2.95. The number of methoxy groups -OCH3 is 1. The smallest absolute Gasteiger partial charge is 0.341 e. The van der Waals surface area contributed by atoms with Gasteiger partial charge in [-0.15, -0.1) is 0 Å². The van der Waals surface area contributed by atoms with Gasteiger partial charge in [0, 0.05) is 17.5 Å². The van der Waals surface area contributed by atoms with Gasteiger partial charge in [-0.2, -0.15) is 11.8 Å². The Bertz CT molecular complexity index is 439. The second kappa shape index (κ2) is 6.80. The van der Waals surface area contributed by atoms with Crippen LogP contribution in [0.3, 0.4) is 0 Å². The third-order valence-corrected chi connectivity index (χ3v) is 4.71. The number of nitrogens with one attached hydrogen (secondary N) is 1. The summed E-state index contributed by atoms with van der Waals surface area (Å²) in [5.74, 6) is 0.299. The molecule has 0 bridgehead atoms. The molecule has 1 aliphatic carbocycles. The van der Waals surface area contributed by atoms with Crippen molar-refractivity contribution in [2.45, 2.75) is 37.0 Å². The number of esters is 1.